The SMILES string of the molecule is CCC(Nc1ccc2c(c1)OCC(=O)N2CCCN(C)c1ccccn1)c1ccccc1. The van der Waals surface area contributed by atoms with Crippen LogP contribution in [0.1, 0.15) is 31.4 Å². The normalized spacial score (nSPS) is 13.8. The van der Waals surface area contributed by atoms with Crippen LogP contribution in [0.5, 0.6) is 5.75 Å². The van der Waals surface area contributed by atoms with Gasteiger partial charge in [0.05, 0.1) is 11.7 Å². The van der Waals surface area contributed by atoms with Gasteiger partial charge in [-0.3, -0.25) is 4.79 Å². The number of carbonyl (C=O) groups is 1. The van der Waals surface area contributed by atoms with Gasteiger partial charge in [0.1, 0.15) is 11.6 Å². The fraction of sp³-hybridized carbons (Fsp3) is 0.308. The van der Waals surface area contributed by atoms with Crippen LogP contribution in [-0.4, -0.2) is 37.6 Å². The first-order chi connectivity index (χ1) is 15.7. The number of nitrogens with one attached hydrogen (secondary N) is 1. The summed E-state index contributed by atoms with van der Waals surface area (Å²) in [5.74, 6) is 1.67. The molecule has 0 spiro atoms. The zero-order valence-corrected chi connectivity index (χ0v) is 18.7. The van der Waals surface area contributed by atoms with Crippen molar-refractivity contribution in [1.29, 1.82) is 0 Å². The Bertz CT molecular complexity index is 1030. The number of hydrogen-bond acceptors (Lipinski definition) is 5. The molecule has 3 aromatic rings. The first-order valence-electron chi connectivity index (χ1n) is 11.2. The Morgan fingerprint density at radius 1 is 1.12 bits per heavy atom. The van der Waals surface area contributed by atoms with Gasteiger partial charge < -0.3 is 19.9 Å². The van der Waals surface area contributed by atoms with Crippen molar-refractivity contribution in [2.45, 2.75) is 25.8 Å². The van der Waals surface area contributed by atoms with Crippen LogP contribution in [0.4, 0.5) is 17.2 Å². The average molecular weight is 431 g/mol. The van der Waals surface area contributed by atoms with E-state index >= 15 is 0 Å². The number of rotatable bonds is 9. The van der Waals surface area contributed by atoms with Crippen molar-refractivity contribution < 1.29 is 9.53 Å². The molecule has 166 valence electrons. The van der Waals surface area contributed by atoms with Crippen molar-refractivity contribution in [1.82, 2.24) is 4.98 Å². The highest BCUT2D eigenvalue weighted by Gasteiger charge is 2.25. The van der Waals surface area contributed by atoms with Crippen LogP contribution in [0.25, 0.3) is 0 Å². The molecule has 0 fully saturated rings. The molecule has 1 N–H and O–H groups in total. The molecule has 0 aliphatic carbocycles. The van der Waals surface area contributed by atoms with E-state index in [9.17, 15) is 4.79 Å². The summed E-state index contributed by atoms with van der Waals surface area (Å²) in [6, 6.07) is 22.5. The third kappa shape index (κ3) is 5.02. The first-order valence-corrected chi connectivity index (χ1v) is 11.2. The number of amides is 1. The average Bonchev–Trinajstić information content (AvgIpc) is 2.84. The van der Waals surface area contributed by atoms with Crippen molar-refractivity contribution in [2.24, 2.45) is 0 Å². The number of nitrogens with zero attached hydrogens (tertiary/aromatic N) is 3. The molecule has 32 heavy (non-hydrogen) atoms. The van der Waals surface area contributed by atoms with E-state index in [4.69, 9.17) is 4.74 Å². The van der Waals surface area contributed by atoms with Crippen LogP contribution in [0.3, 0.4) is 0 Å². The van der Waals surface area contributed by atoms with Gasteiger partial charge in [-0.25, -0.2) is 4.98 Å². The second-order valence-electron chi connectivity index (χ2n) is 8.00. The standard InChI is InChI=1S/C26H30N4O2/c1-3-22(20-10-5-4-6-11-20)28-21-13-14-23-24(18-21)32-19-26(31)30(23)17-9-16-29(2)25-12-7-8-15-27-25/h4-8,10-15,18,22,28H,3,9,16-17,19H2,1-2H3. The fourth-order valence-electron chi connectivity index (χ4n) is 4.01. The summed E-state index contributed by atoms with van der Waals surface area (Å²) in [5.41, 5.74) is 3.08. The summed E-state index contributed by atoms with van der Waals surface area (Å²) in [7, 11) is 2.02. The summed E-state index contributed by atoms with van der Waals surface area (Å²) in [4.78, 5) is 20.9. The van der Waals surface area contributed by atoms with Gasteiger partial charge >= 0.3 is 0 Å². The highest BCUT2D eigenvalue weighted by molar-refractivity contribution is 5.98. The predicted molar refractivity (Wildman–Crippen MR) is 130 cm³/mol. The summed E-state index contributed by atoms with van der Waals surface area (Å²) in [6.45, 7) is 3.69. The molecule has 1 aliphatic rings. The van der Waals surface area contributed by atoms with E-state index in [1.165, 1.54) is 5.56 Å². The number of fused-ring (bicyclic) bond motifs is 1. The van der Waals surface area contributed by atoms with E-state index < -0.39 is 0 Å². The Morgan fingerprint density at radius 3 is 2.69 bits per heavy atom. The van der Waals surface area contributed by atoms with Gasteiger partial charge in [-0.2, -0.15) is 0 Å². The Kier molecular flexibility index (Phi) is 6.90. The molecule has 2 aromatic carbocycles. The second-order valence-corrected chi connectivity index (χ2v) is 8.00. The van der Waals surface area contributed by atoms with E-state index in [2.05, 4.69) is 46.4 Å². The molecule has 2 heterocycles. The molecule has 0 radical (unpaired) electrons. The van der Waals surface area contributed by atoms with Crippen LogP contribution in [-0.2, 0) is 4.79 Å². The van der Waals surface area contributed by atoms with Crippen molar-refractivity contribution in [2.75, 3.05) is 41.9 Å². The molecule has 1 amide bonds. The molecule has 6 nitrogen and oxygen atoms in total. The topological polar surface area (TPSA) is 57.7 Å². The predicted octanol–water partition coefficient (Wildman–Crippen LogP) is 4.90. The van der Waals surface area contributed by atoms with Crippen LogP contribution in [0.2, 0.25) is 0 Å². The largest absolute Gasteiger partial charge is 0.481 e. The third-order valence-electron chi connectivity index (χ3n) is 5.77. The van der Waals surface area contributed by atoms with E-state index in [0.717, 1.165) is 42.3 Å². The van der Waals surface area contributed by atoms with Crippen molar-refractivity contribution >= 4 is 23.1 Å². The third-order valence-corrected chi connectivity index (χ3v) is 5.77. The lowest BCUT2D eigenvalue weighted by molar-refractivity contribution is -0.121. The molecule has 1 aromatic heterocycles. The molecule has 6 heteroatoms. The van der Waals surface area contributed by atoms with Crippen LogP contribution in [0, 0.1) is 0 Å². The summed E-state index contributed by atoms with van der Waals surface area (Å²) < 4.78 is 5.77. The fourth-order valence-corrected chi connectivity index (χ4v) is 4.01. The zero-order chi connectivity index (χ0) is 22.3. The van der Waals surface area contributed by atoms with Gasteiger partial charge in [0.15, 0.2) is 6.61 Å². The number of carbonyl (C=O) groups excluding carboxylic acids is 1. The number of pyridine rings is 1. The first kappa shape index (κ1) is 21.7. The number of anilines is 3. The molecule has 0 saturated carbocycles. The molecule has 1 aliphatic heterocycles. The minimum atomic E-state index is -0.00517. The lowest BCUT2D eigenvalue weighted by atomic mass is 10.0. The maximum Gasteiger partial charge on any atom is 0.265 e. The van der Waals surface area contributed by atoms with Gasteiger partial charge in [-0.1, -0.05) is 43.3 Å². The Labute approximate surface area is 189 Å². The summed E-state index contributed by atoms with van der Waals surface area (Å²) >= 11 is 0. The lowest BCUT2D eigenvalue weighted by Crippen LogP contribution is -2.40. The highest BCUT2D eigenvalue weighted by Crippen LogP contribution is 2.36. The minimum absolute atomic E-state index is 0.00517. The number of benzene rings is 2. The highest BCUT2D eigenvalue weighted by atomic mass is 16.5. The van der Waals surface area contributed by atoms with E-state index in [0.29, 0.717) is 6.54 Å². The summed E-state index contributed by atoms with van der Waals surface area (Å²) in [6.07, 6.45) is 3.60. The van der Waals surface area contributed by atoms with Crippen LogP contribution >= 0.6 is 0 Å². The maximum absolute atomic E-state index is 12.6. The minimum Gasteiger partial charge on any atom is -0.481 e. The smallest absolute Gasteiger partial charge is 0.265 e. The molecule has 0 saturated heterocycles. The van der Waals surface area contributed by atoms with Gasteiger partial charge in [0, 0.05) is 38.1 Å². The maximum atomic E-state index is 12.6. The van der Waals surface area contributed by atoms with E-state index in [-0.39, 0.29) is 18.6 Å². The van der Waals surface area contributed by atoms with Crippen molar-refractivity contribution in [3.63, 3.8) is 0 Å². The van der Waals surface area contributed by atoms with Crippen molar-refractivity contribution in [3.8, 4) is 5.75 Å². The molecular formula is C26H30N4O2. The quantitative estimate of drug-likeness (QED) is 0.523. The summed E-state index contributed by atoms with van der Waals surface area (Å²) in [5, 5.41) is 3.60. The van der Waals surface area contributed by atoms with E-state index in [1.54, 1.807) is 6.20 Å². The molecule has 4 rings (SSSR count). The van der Waals surface area contributed by atoms with Crippen LogP contribution < -0.4 is 19.9 Å². The van der Waals surface area contributed by atoms with E-state index in [1.807, 2.05) is 54.4 Å². The van der Waals surface area contributed by atoms with Gasteiger partial charge in [0.2, 0.25) is 0 Å². The number of aromatic nitrogens is 1. The van der Waals surface area contributed by atoms with Crippen molar-refractivity contribution in [3.05, 3.63) is 78.5 Å². The lowest BCUT2D eigenvalue weighted by Gasteiger charge is -2.31. The molecule has 1 atom stereocenters. The van der Waals surface area contributed by atoms with Gasteiger partial charge in [-0.05, 0) is 42.7 Å². The number of ether oxygens (including phenoxy) is 1. The Morgan fingerprint density at radius 2 is 1.94 bits per heavy atom. The monoisotopic (exact) mass is 430 g/mol. The number of hydrogen-bond donors (Lipinski definition) is 1. The molecular weight excluding hydrogens is 400 g/mol. The Balaban J connectivity index is 1.42. The molecule has 0 bridgehead atoms. The second kappa shape index (κ2) is 10.2. The van der Waals surface area contributed by atoms with Gasteiger partial charge in [0.25, 0.3) is 5.91 Å². The Hall–Kier alpha value is -3.54. The molecule has 1 unspecified atom stereocenters. The zero-order valence-electron chi connectivity index (χ0n) is 18.7. The van der Waals surface area contributed by atoms with Gasteiger partial charge in [-0.15, -0.1) is 0 Å². The van der Waals surface area contributed by atoms with Crippen LogP contribution in [0.15, 0.2) is 72.9 Å².